The summed E-state index contributed by atoms with van der Waals surface area (Å²) >= 11 is 0. The van der Waals surface area contributed by atoms with E-state index in [-0.39, 0.29) is 5.78 Å². The highest BCUT2D eigenvalue weighted by Gasteiger charge is 2.23. The fraction of sp³-hybridized carbons (Fsp3) is 0.414. The number of benzene rings is 2. The summed E-state index contributed by atoms with van der Waals surface area (Å²) in [6.45, 7) is 10.1. The second-order valence-corrected chi connectivity index (χ2v) is 7.99. The summed E-state index contributed by atoms with van der Waals surface area (Å²) in [6, 6.07) is 16.0. The number of hydrogen-bond acceptors (Lipinski definition) is 5. The minimum Gasteiger partial charge on any atom is -0.349 e. The van der Waals surface area contributed by atoms with Crippen molar-refractivity contribution in [1.82, 2.24) is 0 Å². The molecule has 34 heavy (non-hydrogen) atoms. The predicted octanol–water partition coefficient (Wildman–Crippen LogP) is 6.66. The molecule has 1 aliphatic rings. The van der Waals surface area contributed by atoms with Crippen LogP contribution in [0.4, 0.5) is 0 Å². The van der Waals surface area contributed by atoms with Crippen molar-refractivity contribution >= 4 is 17.9 Å². The van der Waals surface area contributed by atoms with Gasteiger partial charge in [-0.25, -0.2) is 0 Å². The second kappa shape index (κ2) is 13.4. The van der Waals surface area contributed by atoms with Crippen LogP contribution in [0, 0.1) is 0 Å². The number of allylic oxidation sites excluding steroid dienone is 2. The van der Waals surface area contributed by atoms with Gasteiger partial charge in [-0.1, -0.05) is 36.4 Å². The lowest BCUT2D eigenvalue weighted by molar-refractivity contribution is -0.140. The second-order valence-electron chi connectivity index (χ2n) is 7.99. The zero-order valence-corrected chi connectivity index (χ0v) is 20.7. The van der Waals surface area contributed by atoms with Crippen LogP contribution in [0.25, 0.3) is 12.2 Å². The quantitative estimate of drug-likeness (QED) is 0.260. The Balaban J connectivity index is 1.79. The Hall–Kier alpha value is -2.57. The van der Waals surface area contributed by atoms with Crippen molar-refractivity contribution in [3.63, 3.8) is 0 Å². The largest absolute Gasteiger partial charge is 0.349 e. The van der Waals surface area contributed by atoms with E-state index in [0.717, 1.165) is 46.2 Å². The van der Waals surface area contributed by atoms with Crippen LogP contribution < -0.4 is 0 Å². The molecule has 0 bridgehead atoms. The fourth-order valence-corrected chi connectivity index (χ4v) is 4.06. The highest BCUT2D eigenvalue weighted by atomic mass is 16.7. The summed E-state index contributed by atoms with van der Waals surface area (Å²) in [4.78, 5) is 13.1. The molecule has 5 nitrogen and oxygen atoms in total. The third-order valence-corrected chi connectivity index (χ3v) is 5.57. The number of ether oxygens (including phenoxy) is 4. The monoisotopic (exact) mass is 464 g/mol. The Kier molecular flexibility index (Phi) is 10.2. The number of carbonyl (C=O) groups is 1. The fourth-order valence-electron chi connectivity index (χ4n) is 4.06. The first kappa shape index (κ1) is 26.0. The maximum atomic E-state index is 13.1. The van der Waals surface area contributed by atoms with Crippen LogP contribution in [0.2, 0.25) is 0 Å². The smallest absolute Gasteiger partial charge is 0.185 e. The molecular weight excluding hydrogens is 428 g/mol. The van der Waals surface area contributed by atoms with Crippen LogP contribution in [0.1, 0.15) is 75.4 Å². The van der Waals surface area contributed by atoms with Gasteiger partial charge >= 0.3 is 0 Å². The van der Waals surface area contributed by atoms with Crippen molar-refractivity contribution in [2.45, 2.75) is 53.1 Å². The number of Topliss-reactive ketones (excluding diaryl/α,β-unsaturated/α-hetero) is 1. The van der Waals surface area contributed by atoms with Crippen LogP contribution in [0.5, 0.6) is 0 Å². The van der Waals surface area contributed by atoms with E-state index in [0.29, 0.717) is 26.4 Å². The number of ketones is 1. The van der Waals surface area contributed by atoms with Gasteiger partial charge in [0, 0.05) is 48.7 Å². The van der Waals surface area contributed by atoms with Gasteiger partial charge in [0.05, 0.1) is 0 Å². The van der Waals surface area contributed by atoms with Gasteiger partial charge in [0.2, 0.25) is 0 Å². The van der Waals surface area contributed by atoms with E-state index in [1.165, 1.54) is 0 Å². The molecule has 0 N–H and O–H groups in total. The molecule has 0 saturated heterocycles. The molecular formula is C29H36O5. The predicted molar refractivity (Wildman–Crippen MR) is 135 cm³/mol. The van der Waals surface area contributed by atoms with Crippen LogP contribution in [0.3, 0.4) is 0 Å². The standard InChI is InChI=1S/C29H36O5/c1-5-31-28(32-6-2)25-13-9-11-21(19-25)17-23-15-16-24(27(23)30)18-22-12-10-14-26(20-22)29(33-7-3)34-8-4/h9-14,17-20,28-29H,5-8,15-16H2,1-4H3/b23-17+,24-18+. The van der Waals surface area contributed by atoms with Gasteiger partial charge in [0.25, 0.3) is 0 Å². The maximum absolute atomic E-state index is 13.1. The molecule has 0 atom stereocenters. The van der Waals surface area contributed by atoms with Crippen molar-refractivity contribution in [2.24, 2.45) is 0 Å². The van der Waals surface area contributed by atoms with Crippen LogP contribution >= 0.6 is 0 Å². The first-order valence-electron chi connectivity index (χ1n) is 12.2. The van der Waals surface area contributed by atoms with Crippen LogP contribution in [0.15, 0.2) is 59.7 Å². The molecule has 2 aromatic rings. The summed E-state index contributed by atoms with van der Waals surface area (Å²) in [7, 11) is 0. The first-order valence-corrected chi connectivity index (χ1v) is 12.2. The average molecular weight is 465 g/mol. The molecule has 1 saturated carbocycles. The van der Waals surface area contributed by atoms with Crippen molar-refractivity contribution < 1.29 is 23.7 Å². The van der Waals surface area contributed by atoms with Gasteiger partial charge in [-0.2, -0.15) is 0 Å². The number of carbonyl (C=O) groups excluding carboxylic acids is 1. The van der Waals surface area contributed by atoms with E-state index < -0.39 is 12.6 Å². The molecule has 3 rings (SSSR count). The number of rotatable bonds is 12. The van der Waals surface area contributed by atoms with Crippen molar-refractivity contribution in [2.75, 3.05) is 26.4 Å². The SMILES string of the molecule is CCOC(OCC)c1cccc(/C=C2\CC/C(=C\c3cccc(C(OCC)OCC)c3)C2=O)c1. The third-order valence-electron chi connectivity index (χ3n) is 5.57. The minimum atomic E-state index is -0.396. The average Bonchev–Trinajstić information content (AvgIpc) is 3.18. The zero-order valence-electron chi connectivity index (χ0n) is 20.7. The molecule has 1 aliphatic carbocycles. The lowest BCUT2D eigenvalue weighted by Gasteiger charge is -2.17. The van der Waals surface area contributed by atoms with Gasteiger partial charge in [-0.3, -0.25) is 4.79 Å². The van der Waals surface area contributed by atoms with Crippen molar-refractivity contribution in [3.8, 4) is 0 Å². The Bertz CT molecular complexity index is 916. The molecule has 0 radical (unpaired) electrons. The molecule has 0 amide bonds. The number of hydrogen-bond donors (Lipinski definition) is 0. The summed E-state index contributed by atoms with van der Waals surface area (Å²) < 4.78 is 22.9. The molecule has 0 heterocycles. The van der Waals surface area contributed by atoms with Gasteiger partial charge in [0.15, 0.2) is 18.4 Å². The van der Waals surface area contributed by atoms with E-state index in [2.05, 4.69) is 0 Å². The van der Waals surface area contributed by atoms with Gasteiger partial charge in [-0.05, 0) is 75.9 Å². The van der Waals surface area contributed by atoms with Crippen molar-refractivity contribution in [1.29, 1.82) is 0 Å². The van der Waals surface area contributed by atoms with Crippen LogP contribution in [-0.4, -0.2) is 32.2 Å². The van der Waals surface area contributed by atoms with Gasteiger partial charge < -0.3 is 18.9 Å². The Morgan fingerprint density at radius 2 is 1.06 bits per heavy atom. The summed E-state index contributed by atoms with van der Waals surface area (Å²) in [5.74, 6) is 0.105. The molecule has 2 aromatic carbocycles. The van der Waals surface area contributed by atoms with E-state index in [1.54, 1.807) is 0 Å². The Labute approximate surface area is 203 Å². The summed E-state index contributed by atoms with van der Waals surface area (Å²) in [6.07, 6.45) is 4.64. The molecule has 5 heteroatoms. The highest BCUT2D eigenvalue weighted by Crippen LogP contribution is 2.31. The Morgan fingerprint density at radius 3 is 1.41 bits per heavy atom. The molecule has 0 aliphatic heterocycles. The van der Waals surface area contributed by atoms with Crippen molar-refractivity contribution in [3.05, 3.63) is 81.9 Å². The third kappa shape index (κ3) is 6.97. The normalized spacial score (nSPS) is 16.5. The van der Waals surface area contributed by atoms with Gasteiger partial charge in [-0.15, -0.1) is 0 Å². The Morgan fingerprint density at radius 1 is 0.676 bits per heavy atom. The topological polar surface area (TPSA) is 54.0 Å². The molecule has 0 spiro atoms. The van der Waals surface area contributed by atoms with Crippen LogP contribution in [-0.2, 0) is 23.7 Å². The van der Waals surface area contributed by atoms with Gasteiger partial charge in [0.1, 0.15) is 0 Å². The summed E-state index contributed by atoms with van der Waals surface area (Å²) in [5, 5.41) is 0. The minimum absolute atomic E-state index is 0.105. The molecule has 182 valence electrons. The molecule has 0 aromatic heterocycles. The first-order chi connectivity index (χ1) is 16.6. The van der Waals surface area contributed by atoms with E-state index in [1.807, 2.05) is 88.4 Å². The van der Waals surface area contributed by atoms with E-state index >= 15 is 0 Å². The van der Waals surface area contributed by atoms with E-state index in [4.69, 9.17) is 18.9 Å². The molecule has 0 unspecified atom stereocenters. The lowest BCUT2D eigenvalue weighted by atomic mass is 10.0. The highest BCUT2D eigenvalue weighted by molar-refractivity contribution is 6.15. The van der Waals surface area contributed by atoms with E-state index in [9.17, 15) is 4.79 Å². The zero-order chi connectivity index (χ0) is 24.3. The lowest BCUT2D eigenvalue weighted by Crippen LogP contribution is -2.09. The summed E-state index contributed by atoms with van der Waals surface area (Å²) in [5.41, 5.74) is 5.51. The molecule has 1 fully saturated rings. The maximum Gasteiger partial charge on any atom is 0.185 e.